The summed E-state index contributed by atoms with van der Waals surface area (Å²) in [6.45, 7) is 0.829. The number of hydrogen-bond acceptors (Lipinski definition) is 2. The molecule has 2 aromatic rings. The molecule has 0 radical (unpaired) electrons. The maximum Gasteiger partial charge on any atom is 0.0499 e. The first-order chi connectivity index (χ1) is 8.25. The summed E-state index contributed by atoms with van der Waals surface area (Å²) in [5.41, 5.74) is 2.09. The lowest BCUT2D eigenvalue weighted by Crippen LogP contribution is -2.06. The third kappa shape index (κ3) is 3.72. The van der Waals surface area contributed by atoms with Crippen LogP contribution in [-0.2, 0) is 6.42 Å². The Labute approximate surface area is 114 Å². The van der Waals surface area contributed by atoms with Gasteiger partial charge in [0, 0.05) is 40.0 Å². The van der Waals surface area contributed by atoms with E-state index in [0.29, 0.717) is 0 Å². The lowest BCUT2D eigenvalue weighted by molar-refractivity contribution is 0.961. The fraction of sp³-hybridized carbons (Fsp3) is 0.154. The Morgan fingerprint density at radius 2 is 2.12 bits per heavy atom. The lowest BCUT2D eigenvalue weighted by atomic mass is 10.2. The average molecular weight is 312 g/mol. The van der Waals surface area contributed by atoms with Gasteiger partial charge in [0.25, 0.3) is 0 Å². The monoisotopic (exact) mass is 310 g/mol. The molecule has 0 aliphatic heterocycles. The van der Waals surface area contributed by atoms with Crippen LogP contribution in [0, 0.1) is 0 Å². The van der Waals surface area contributed by atoms with Crippen LogP contribution in [0.25, 0.3) is 0 Å². The van der Waals surface area contributed by atoms with Gasteiger partial charge in [0.05, 0.1) is 0 Å². The Morgan fingerprint density at radius 1 is 1.24 bits per heavy atom. The molecule has 0 spiro atoms. The van der Waals surface area contributed by atoms with Crippen molar-refractivity contribution in [3.63, 3.8) is 0 Å². The van der Waals surface area contributed by atoms with E-state index < -0.39 is 0 Å². The number of rotatable bonds is 4. The van der Waals surface area contributed by atoms with Gasteiger partial charge in [0.15, 0.2) is 0 Å². The third-order valence-corrected chi connectivity index (χ3v) is 3.28. The minimum Gasteiger partial charge on any atom is -0.384 e. The van der Waals surface area contributed by atoms with Crippen molar-refractivity contribution in [3.05, 3.63) is 57.8 Å². The topological polar surface area (TPSA) is 24.9 Å². The molecule has 0 aliphatic rings. The molecule has 4 heteroatoms. The first-order valence-corrected chi connectivity index (χ1v) is 6.51. The summed E-state index contributed by atoms with van der Waals surface area (Å²) in [5, 5.41) is 4.06. The quantitative estimate of drug-likeness (QED) is 0.917. The van der Waals surface area contributed by atoms with Gasteiger partial charge in [-0.15, -0.1) is 0 Å². The van der Waals surface area contributed by atoms with Crippen molar-refractivity contribution in [3.8, 4) is 0 Å². The molecule has 0 unspecified atom stereocenters. The smallest absolute Gasteiger partial charge is 0.0499 e. The normalized spacial score (nSPS) is 10.2. The highest BCUT2D eigenvalue weighted by molar-refractivity contribution is 9.10. The van der Waals surface area contributed by atoms with Crippen LogP contribution in [0.4, 0.5) is 5.69 Å². The summed E-state index contributed by atoms with van der Waals surface area (Å²) in [6, 6.07) is 11.6. The Kier molecular flexibility index (Phi) is 4.40. The molecule has 0 fully saturated rings. The molecule has 0 amide bonds. The Bertz CT molecular complexity index is 488. The van der Waals surface area contributed by atoms with E-state index in [-0.39, 0.29) is 0 Å². The van der Waals surface area contributed by atoms with E-state index in [4.69, 9.17) is 11.6 Å². The van der Waals surface area contributed by atoms with Crippen LogP contribution < -0.4 is 5.32 Å². The molecule has 0 aliphatic carbocycles. The largest absolute Gasteiger partial charge is 0.384 e. The van der Waals surface area contributed by atoms with Crippen LogP contribution in [0.2, 0.25) is 5.02 Å². The second-order valence-corrected chi connectivity index (χ2v) is 4.91. The molecule has 0 saturated heterocycles. The summed E-state index contributed by atoms with van der Waals surface area (Å²) in [5.74, 6) is 0. The molecule has 88 valence electrons. The minimum atomic E-state index is 0.730. The van der Waals surface area contributed by atoms with Gasteiger partial charge in [0.1, 0.15) is 0 Å². The molecule has 1 heterocycles. The van der Waals surface area contributed by atoms with Crippen molar-refractivity contribution in [2.75, 3.05) is 11.9 Å². The van der Waals surface area contributed by atoms with Crippen LogP contribution in [-0.4, -0.2) is 11.5 Å². The standard InChI is InChI=1S/C13H12BrClN2/c14-12-5-4-10(15)9-13(12)17-8-6-11-3-1-2-7-16-11/h1-5,7,9,17H,6,8H2. The van der Waals surface area contributed by atoms with E-state index in [1.165, 1.54) is 0 Å². The molecule has 1 N–H and O–H groups in total. The molecule has 0 bridgehead atoms. The van der Waals surface area contributed by atoms with Crippen molar-refractivity contribution in [1.29, 1.82) is 0 Å². The molecular formula is C13H12BrClN2. The van der Waals surface area contributed by atoms with Crippen molar-refractivity contribution in [1.82, 2.24) is 4.98 Å². The third-order valence-electron chi connectivity index (χ3n) is 2.35. The fourth-order valence-electron chi connectivity index (χ4n) is 1.50. The van der Waals surface area contributed by atoms with Crippen molar-refractivity contribution < 1.29 is 0 Å². The molecule has 0 atom stereocenters. The van der Waals surface area contributed by atoms with Crippen molar-refractivity contribution in [2.24, 2.45) is 0 Å². The van der Waals surface area contributed by atoms with Gasteiger partial charge < -0.3 is 5.32 Å². The fourth-order valence-corrected chi connectivity index (χ4v) is 2.06. The highest BCUT2D eigenvalue weighted by atomic mass is 79.9. The molecule has 2 nitrogen and oxygen atoms in total. The lowest BCUT2D eigenvalue weighted by Gasteiger charge is -2.08. The van der Waals surface area contributed by atoms with Gasteiger partial charge in [0.2, 0.25) is 0 Å². The van der Waals surface area contributed by atoms with Gasteiger partial charge in [-0.05, 0) is 46.3 Å². The maximum absolute atomic E-state index is 5.94. The second kappa shape index (κ2) is 6.03. The van der Waals surface area contributed by atoms with Crippen molar-refractivity contribution >= 4 is 33.2 Å². The van der Waals surface area contributed by atoms with Crippen LogP contribution in [0.1, 0.15) is 5.69 Å². The van der Waals surface area contributed by atoms with Gasteiger partial charge >= 0.3 is 0 Å². The highest BCUT2D eigenvalue weighted by Gasteiger charge is 2.00. The Hall–Kier alpha value is -1.06. The van der Waals surface area contributed by atoms with E-state index in [2.05, 4.69) is 26.2 Å². The zero-order valence-corrected chi connectivity index (χ0v) is 11.5. The van der Waals surface area contributed by atoms with Crippen molar-refractivity contribution in [2.45, 2.75) is 6.42 Å². The number of halogens is 2. The second-order valence-electron chi connectivity index (χ2n) is 3.62. The van der Waals surface area contributed by atoms with Gasteiger partial charge in [-0.3, -0.25) is 4.98 Å². The number of nitrogens with zero attached hydrogens (tertiary/aromatic N) is 1. The predicted molar refractivity (Wildman–Crippen MR) is 75.6 cm³/mol. The van der Waals surface area contributed by atoms with E-state index in [0.717, 1.165) is 33.8 Å². The number of pyridine rings is 1. The van der Waals surface area contributed by atoms with Gasteiger partial charge in [-0.25, -0.2) is 0 Å². The number of benzene rings is 1. The molecule has 2 rings (SSSR count). The summed E-state index contributed by atoms with van der Waals surface area (Å²) in [6.07, 6.45) is 2.70. The van der Waals surface area contributed by atoms with E-state index >= 15 is 0 Å². The number of hydrogen-bond donors (Lipinski definition) is 1. The minimum absolute atomic E-state index is 0.730. The van der Waals surface area contributed by atoms with Crippen LogP contribution in [0.5, 0.6) is 0 Å². The molecular weight excluding hydrogens is 300 g/mol. The Balaban J connectivity index is 1.92. The number of aromatic nitrogens is 1. The van der Waals surface area contributed by atoms with E-state index in [9.17, 15) is 0 Å². The first-order valence-electron chi connectivity index (χ1n) is 5.34. The molecule has 1 aromatic carbocycles. The maximum atomic E-state index is 5.94. The summed E-state index contributed by atoms with van der Waals surface area (Å²) >= 11 is 9.42. The molecule has 1 aromatic heterocycles. The first kappa shape index (κ1) is 12.4. The summed E-state index contributed by atoms with van der Waals surface area (Å²) in [7, 11) is 0. The zero-order chi connectivity index (χ0) is 12.1. The van der Waals surface area contributed by atoms with E-state index in [1.807, 2.05) is 42.6 Å². The average Bonchev–Trinajstić information content (AvgIpc) is 2.35. The molecule has 0 saturated carbocycles. The predicted octanol–water partition coefficient (Wildman–Crippen LogP) is 4.15. The van der Waals surface area contributed by atoms with Crippen LogP contribution in [0.15, 0.2) is 47.1 Å². The summed E-state index contributed by atoms with van der Waals surface area (Å²) < 4.78 is 1.02. The van der Waals surface area contributed by atoms with Gasteiger partial charge in [-0.2, -0.15) is 0 Å². The summed E-state index contributed by atoms with van der Waals surface area (Å²) in [4.78, 5) is 4.27. The van der Waals surface area contributed by atoms with Gasteiger partial charge in [-0.1, -0.05) is 17.7 Å². The van der Waals surface area contributed by atoms with Crippen LogP contribution >= 0.6 is 27.5 Å². The van der Waals surface area contributed by atoms with Crippen LogP contribution in [0.3, 0.4) is 0 Å². The number of anilines is 1. The van der Waals surface area contributed by atoms with E-state index in [1.54, 1.807) is 0 Å². The molecule has 17 heavy (non-hydrogen) atoms. The Morgan fingerprint density at radius 3 is 2.88 bits per heavy atom. The number of nitrogens with one attached hydrogen (secondary N) is 1. The SMILES string of the molecule is Clc1ccc(Br)c(NCCc2ccccn2)c1. The highest BCUT2D eigenvalue weighted by Crippen LogP contribution is 2.25. The zero-order valence-electron chi connectivity index (χ0n) is 9.16.